The van der Waals surface area contributed by atoms with Crippen LogP contribution in [0.25, 0.3) is 0 Å². The quantitative estimate of drug-likeness (QED) is 0.555. The molecule has 2 aromatic carbocycles. The highest BCUT2D eigenvalue weighted by molar-refractivity contribution is 6.30. The van der Waals surface area contributed by atoms with Gasteiger partial charge in [0, 0.05) is 24.2 Å². The standard InChI is InChI=1S/C24H25ClN2O4/c1-16-13-20(25)10-11-22(16)31-17(2)24(29)27(15-21-5-4-12-30-21)14-18-6-8-19(9-7-18)23(28)26-3/h4-13,17H,14-15H2,1-3H3,(H,26,28). The molecule has 0 saturated heterocycles. The third kappa shape index (κ3) is 5.89. The monoisotopic (exact) mass is 440 g/mol. The summed E-state index contributed by atoms with van der Waals surface area (Å²) in [6.07, 6.45) is 0.868. The fraction of sp³-hybridized carbons (Fsp3) is 0.250. The number of rotatable bonds is 8. The van der Waals surface area contributed by atoms with Crippen LogP contribution >= 0.6 is 11.6 Å². The molecule has 0 fully saturated rings. The van der Waals surface area contributed by atoms with Crippen molar-refractivity contribution in [3.05, 3.63) is 88.3 Å². The number of carbonyl (C=O) groups excluding carboxylic acids is 2. The van der Waals surface area contributed by atoms with E-state index in [1.807, 2.05) is 25.1 Å². The lowest BCUT2D eigenvalue weighted by atomic mass is 10.1. The van der Waals surface area contributed by atoms with E-state index in [9.17, 15) is 9.59 Å². The SMILES string of the molecule is CNC(=O)c1ccc(CN(Cc2ccco2)C(=O)C(C)Oc2ccc(Cl)cc2C)cc1. The van der Waals surface area contributed by atoms with Gasteiger partial charge < -0.3 is 19.4 Å². The maximum atomic E-state index is 13.2. The Morgan fingerprint density at radius 1 is 1.13 bits per heavy atom. The summed E-state index contributed by atoms with van der Waals surface area (Å²) in [5.41, 5.74) is 2.31. The second-order valence-electron chi connectivity index (χ2n) is 7.22. The number of halogens is 1. The third-order valence-electron chi connectivity index (χ3n) is 4.84. The molecular weight excluding hydrogens is 416 g/mol. The van der Waals surface area contributed by atoms with Crippen molar-refractivity contribution in [2.45, 2.75) is 33.0 Å². The molecule has 2 amide bonds. The molecule has 1 N–H and O–H groups in total. The van der Waals surface area contributed by atoms with E-state index >= 15 is 0 Å². The first-order valence-corrected chi connectivity index (χ1v) is 10.3. The first kappa shape index (κ1) is 22.4. The van der Waals surface area contributed by atoms with Gasteiger partial charge in [-0.2, -0.15) is 0 Å². The molecule has 1 aromatic heterocycles. The average molecular weight is 441 g/mol. The zero-order valence-electron chi connectivity index (χ0n) is 17.7. The molecule has 7 heteroatoms. The summed E-state index contributed by atoms with van der Waals surface area (Å²) in [4.78, 5) is 26.7. The van der Waals surface area contributed by atoms with Crippen LogP contribution in [0.3, 0.4) is 0 Å². The van der Waals surface area contributed by atoms with Crippen molar-refractivity contribution < 1.29 is 18.7 Å². The third-order valence-corrected chi connectivity index (χ3v) is 5.08. The number of carbonyl (C=O) groups is 2. The van der Waals surface area contributed by atoms with Gasteiger partial charge in [0.2, 0.25) is 0 Å². The molecule has 3 aromatic rings. The van der Waals surface area contributed by atoms with Crippen LogP contribution in [-0.4, -0.2) is 29.9 Å². The largest absolute Gasteiger partial charge is 0.481 e. The van der Waals surface area contributed by atoms with Crippen LogP contribution in [0.1, 0.15) is 34.2 Å². The zero-order valence-corrected chi connectivity index (χ0v) is 18.5. The van der Waals surface area contributed by atoms with Crippen molar-refractivity contribution in [1.29, 1.82) is 0 Å². The van der Waals surface area contributed by atoms with Gasteiger partial charge in [0.05, 0.1) is 12.8 Å². The van der Waals surface area contributed by atoms with Crippen molar-refractivity contribution in [3.63, 3.8) is 0 Å². The predicted molar refractivity (Wildman–Crippen MR) is 119 cm³/mol. The highest BCUT2D eigenvalue weighted by Crippen LogP contribution is 2.24. The van der Waals surface area contributed by atoms with E-state index in [2.05, 4.69) is 5.32 Å². The van der Waals surface area contributed by atoms with Crippen LogP contribution in [-0.2, 0) is 17.9 Å². The number of ether oxygens (including phenoxy) is 1. The Morgan fingerprint density at radius 3 is 2.48 bits per heavy atom. The number of hydrogen-bond donors (Lipinski definition) is 1. The minimum absolute atomic E-state index is 0.157. The van der Waals surface area contributed by atoms with Crippen LogP contribution in [0.15, 0.2) is 65.3 Å². The summed E-state index contributed by atoms with van der Waals surface area (Å²) in [6.45, 7) is 4.25. The second kappa shape index (κ2) is 10.2. The van der Waals surface area contributed by atoms with E-state index in [1.165, 1.54) is 0 Å². The lowest BCUT2D eigenvalue weighted by Gasteiger charge is -2.26. The van der Waals surface area contributed by atoms with Crippen molar-refractivity contribution in [3.8, 4) is 5.75 Å². The fourth-order valence-corrected chi connectivity index (χ4v) is 3.40. The molecule has 0 aliphatic heterocycles. The van der Waals surface area contributed by atoms with Gasteiger partial charge in [-0.25, -0.2) is 0 Å². The Labute approximate surface area is 186 Å². The summed E-state index contributed by atoms with van der Waals surface area (Å²) in [7, 11) is 1.59. The maximum Gasteiger partial charge on any atom is 0.264 e. The molecule has 3 rings (SSSR count). The van der Waals surface area contributed by atoms with Crippen molar-refractivity contribution in [1.82, 2.24) is 10.2 Å². The highest BCUT2D eigenvalue weighted by Gasteiger charge is 2.24. The Kier molecular flexibility index (Phi) is 7.36. The van der Waals surface area contributed by atoms with Gasteiger partial charge in [0.1, 0.15) is 11.5 Å². The summed E-state index contributed by atoms with van der Waals surface area (Å²) in [5, 5.41) is 3.21. The van der Waals surface area contributed by atoms with Gasteiger partial charge in [-0.05, 0) is 67.4 Å². The number of hydrogen-bond acceptors (Lipinski definition) is 4. The summed E-state index contributed by atoms with van der Waals surface area (Å²) < 4.78 is 11.4. The summed E-state index contributed by atoms with van der Waals surface area (Å²) in [5.74, 6) is 0.944. The molecule has 6 nitrogen and oxygen atoms in total. The smallest absolute Gasteiger partial charge is 0.264 e. The normalized spacial score (nSPS) is 11.6. The Hall–Kier alpha value is -3.25. The molecule has 1 atom stereocenters. The zero-order chi connectivity index (χ0) is 22.4. The molecule has 0 spiro atoms. The molecule has 31 heavy (non-hydrogen) atoms. The van der Waals surface area contributed by atoms with Crippen LogP contribution in [0.5, 0.6) is 5.75 Å². The van der Waals surface area contributed by atoms with Gasteiger partial charge in [0.15, 0.2) is 6.10 Å². The lowest BCUT2D eigenvalue weighted by molar-refractivity contribution is -0.139. The van der Waals surface area contributed by atoms with Crippen LogP contribution in [0, 0.1) is 6.92 Å². The second-order valence-corrected chi connectivity index (χ2v) is 7.66. The van der Waals surface area contributed by atoms with Crippen molar-refractivity contribution >= 4 is 23.4 Å². The predicted octanol–water partition coefficient (Wildman–Crippen LogP) is 4.60. The topological polar surface area (TPSA) is 71.8 Å². The number of amides is 2. The molecule has 0 saturated carbocycles. The van der Waals surface area contributed by atoms with E-state index < -0.39 is 6.10 Å². The Morgan fingerprint density at radius 2 is 1.87 bits per heavy atom. The number of nitrogens with zero attached hydrogens (tertiary/aromatic N) is 1. The summed E-state index contributed by atoms with van der Waals surface area (Å²) >= 11 is 6.01. The Balaban J connectivity index is 1.77. The highest BCUT2D eigenvalue weighted by atomic mass is 35.5. The molecule has 162 valence electrons. The number of furan rings is 1. The number of benzene rings is 2. The van der Waals surface area contributed by atoms with Gasteiger partial charge >= 0.3 is 0 Å². The van der Waals surface area contributed by atoms with Crippen LogP contribution in [0.2, 0.25) is 5.02 Å². The van der Waals surface area contributed by atoms with Gasteiger partial charge in [-0.1, -0.05) is 23.7 Å². The molecule has 0 radical (unpaired) electrons. The lowest BCUT2D eigenvalue weighted by Crippen LogP contribution is -2.39. The van der Waals surface area contributed by atoms with Gasteiger partial charge in [0.25, 0.3) is 11.8 Å². The Bertz CT molecular complexity index is 1030. The molecule has 0 aliphatic rings. The van der Waals surface area contributed by atoms with Gasteiger partial charge in [-0.3, -0.25) is 9.59 Å². The van der Waals surface area contributed by atoms with Crippen LogP contribution in [0.4, 0.5) is 0 Å². The first-order valence-electron chi connectivity index (χ1n) is 9.92. The number of nitrogens with one attached hydrogen (secondary N) is 1. The van der Waals surface area contributed by atoms with Crippen molar-refractivity contribution in [2.75, 3.05) is 7.05 Å². The van der Waals surface area contributed by atoms with E-state index in [0.29, 0.717) is 35.2 Å². The minimum Gasteiger partial charge on any atom is -0.481 e. The fourth-order valence-electron chi connectivity index (χ4n) is 3.17. The molecule has 1 heterocycles. The molecule has 0 bridgehead atoms. The number of aryl methyl sites for hydroxylation is 1. The molecule has 0 aliphatic carbocycles. The summed E-state index contributed by atoms with van der Waals surface area (Å²) in [6, 6.07) is 16.0. The van der Waals surface area contributed by atoms with E-state index in [4.69, 9.17) is 20.8 Å². The van der Waals surface area contributed by atoms with E-state index in [-0.39, 0.29) is 11.8 Å². The molecule has 1 unspecified atom stereocenters. The molecular formula is C24H25ClN2O4. The minimum atomic E-state index is -0.708. The van der Waals surface area contributed by atoms with Crippen LogP contribution < -0.4 is 10.1 Å². The van der Waals surface area contributed by atoms with Crippen molar-refractivity contribution in [2.24, 2.45) is 0 Å². The maximum absolute atomic E-state index is 13.2. The average Bonchev–Trinajstić information content (AvgIpc) is 3.27. The van der Waals surface area contributed by atoms with E-state index in [1.54, 1.807) is 61.5 Å². The van der Waals surface area contributed by atoms with Gasteiger partial charge in [-0.15, -0.1) is 0 Å². The first-order chi connectivity index (χ1) is 14.9. The van der Waals surface area contributed by atoms with E-state index in [0.717, 1.165) is 11.1 Å².